The standard InChI is InChI=1S/C36H35N11O/c1-36(2,3)31-17-30(46(5)44-31)33-26(18-37)21-39-34(43-33)42-28-12-14-29(15-13-28)47(35(48)40-19-24-9-7-6-8-10-24)32-16-11-25(20-38-32)27-22-41-45(4)23-27/h6-17,20-23H,19H2,1-5H3,(H,40,48)(H,39,42,43). The Bertz CT molecular complexity index is 2090. The second-order valence-corrected chi connectivity index (χ2v) is 12.3. The molecule has 0 aliphatic rings. The van der Waals surface area contributed by atoms with E-state index in [2.05, 4.69) is 57.6 Å². The molecule has 240 valence electrons. The number of anilines is 4. The minimum absolute atomic E-state index is 0.165. The van der Waals surface area contributed by atoms with Crippen LogP contribution in [0.1, 0.15) is 37.6 Å². The molecular weight excluding hydrogens is 602 g/mol. The number of carbonyl (C=O) groups is 1. The zero-order valence-electron chi connectivity index (χ0n) is 27.4. The summed E-state index contributed by atoms with van der Waals surface area (Å²) in [4.78, 5) is 28.9. The molecule has 6 aromatic rings. The van der Waals surface area contributed by atoms with E-state index < -0.39 is 0 Å². The first-order chi connectivity index (χ1) is 23.1. The number of aromatic nitrogens is 7. The summed E-state index contributed by atoms with van der Waals surface area (Å²) in [6.45, 7) is 6.61. The quantitative estimate of drug-likeness (QED) is 0.189. The molecule has 0 fully saturated rings. The molecule has 48 heavy (non-hydrogen) atoms. The van der Waals surface area contributed by atoms with Gasteiger partial charge in [-0.3, -0.25) is 9.36 Å². The topological polar surface area (TPSA) is 142 Å². The number of benzene rings is 2. The van der Waals surface area contributed by atoms with Crippen molar-refractivity contribution in [2.24, 2.45) is 14.1 Å². The molecule has 4 aromatic heterocycles. The zero-order valence-corrected chi connectivity index (χ0v) is 27.4. The Morgan fingerprint density at radius 3 is 2.33 bits per heavy atom. The highest BCUT2D eigenvalue weighted by molar-refractivity contribution is 5.98. The van der Waals surface area contributed by atoms with Gasteiger partial charge in [-0.25, -0.2) is 24.6 Å². The molecule has 0 aliphatic heterocycles. The van der Waals surface area contributed by atoms with Crippen molar-refractivity contribution in [3.63, 3.8) is 0 Å². The van der Waals surface area contributed by atoms with E-state index in [1.807, 2.05) is 93.1 Å². The van der Waals surface area contributed by atoms with Gasteiger partial charge < -0.3 is 10.6 Å². The summed E-state index contributed by atoms with van der Waals surface area (Å²) in [6.07, 6.45) is 6.91. The van der Waals surface area contributed by atoms with Gasteiger partial charge in [0.1, 0.15) is 17.6 Å². The maximum atomic E-state index is 13.7. The van der Waals surface area contributed by atoms with E-state index in [1.165, 1.54) is 11.1 Å². The summed E-state index contributed by atoms with van der Waals surface area (Å²) in [7, 11) is 3.70. The summed E-state index contributed by atoms with van der Waals surface area (Å²) >= 11 is 0. The molecule has 2 amide bonds. The SMILES string of the molecule is Cn1cc(-c2ccc(N(C(=O)NCc3ccccc3)c3ccc(Nc4ncc(C#N)c(-c5cc(C(C)(C)C)nn5C)n4)cc3)nc2)cn1. The van der Waals surface area contributed by atoms with Crippen molar-refractivity contribution in [2.45, 2.75) is 32.7 Å². The Kier molecular flexibility index (Phi) is 8.68. The third-order valence-electron chi connectivity index (χ3n) is 7.69. The second kappa shape index (κ2) is 13.2. The fourth-order valence-electron chi connectivity index (χ4n) is 5.06. The molecule has 4 heterocycles. The van der Waals surface area contributed by atoms with Crippen LogP contribution in [0.4, 0.5) is 27.9 Å². The first-order valence-corrected chi connectivity index (χ1v) is 15.3. The molecule has 0 unspecified atom stereocenters. The summed E-state index contributed by atoms with van der Waals surface area (Å²) in [6, 6.07) is 24.6. The fraction of sp³-hybridized carbons (Fsp3) is 0.194. The number of nitrogens with zero attached hydrogens (tertiary/aromatic N) is 9. The van der Waals surface area contributed by atoms with E-state index in [0.717, 1.165) is 28.1 Å². The lowest BCUT2D eigenvalue weighted by molar-refractivity contribution is 0.248. The highest BCUT2D eigenvalue weighted by atomic mass is 16.2. The number of hydrogen-bond donors (Lipinski definition) is 2. The first kappa shape index (κ1) is 31.6. The average Bonchev–Trinajstić information content (AvgIpc) is 3.71. The van der Waals surface area contributed by atoms with Crippen molar-refractivity contribution in [3.05, 3.63) is 114 Å². The summed E-state index contributed by atoms with van der Waals surface area (Å²) in [5, 5.41) is 24.9. The number of nitrogens with one attached hydrogen (secondary N) is 2. The Morgan fingerprint density at radius 2 is 1.71 bits per heavy atom. The van der Waals surface area contributed by atoms with E-state index in [1.54, 1.807) is 21.8 Å². The number of aryl methyl sites for hydroxylation is 2. The fourth-order valence-corrected chi connectivity index (χ4v) is 5.06. The minimum atomic E-state index is -0.327. The van der Waals surface area contributed by atoms with Gasteiger partial charge in [0.15, 0.2) is 0 Å². The van der Waals surface area contributed by atoms with E-state index in [-0.39, 0.29) is 11.4 Å². The molecule has 0 radical (unpaired) electrons. The van der Waals surface area contributed by atoms with Crippen molar-refractivity contribution in [3.8, 4) is 28.6 Å². The lowest BCUT2D eigenvalue weighted by Gasteiger charge is -2.23. The van der Waals surface area contributed by atoms with Gasteiger partial charge in [-0.15, -0.1) is 0 Å². The van der Waals surface area contributed by atoms with Crippen LogP contribution < -0.4 is 15.5 Å². The van der Waals surface area contributed by atoms with Gasteiger partial charge in [0, 0.05) is 55.3 Å². The van der Waals surface area contributed by atoms with E-state index in [9.17, 15) is 10.1 Å². The van der Waals surface area contributed by atoms with Gasteiger partial charge in [0.2, 0.25) is 5.95 Å². The van der Waals surface area contributed by atoms with Crippen molar-refractivity contribution in [2.75, 3.05) is 10.2 Å². The zero-order chi connectivity index (χ0) is 33.8. The molecule has 0 spiro atoms. The molecule has 12 heteroatoms. The van der Waals surface area contributed by atoms with Crippen molar-refractivity contribution in [1.82, 2.24) is 39.8 Å². The van der Waals surface area contributed by atoms with Crippen LogP contribution in [0.5, 0.6) is 0 Å². The predicted molar refractivity (Wildman–Crippen MR) is 185 cm³/mol. The Balaban J connectivity index is 1.27. The molecule has 12 nitrogen and oxygen atoms in total. The Labute approximate surface area is 278 Å². The molecule has 6 rings (SSSR count). The number of urea groups is 1. The number of pyridine rings is 1. The van der Waals surface area contributed by atoms with Crippen LogP contribution in [0.2, 0.25) is 0 Å². The third kappa shape index (κ3) is 6.90. The largest absolute Gasteiger partial charge is 0.333 e. The Hall–Kier alpha value is -6.35. The molecule has 0 bridgehead atoms. The summed E-state index contributed by atoms with van der Waals surface area (Å²) < 4.78 is 3.46. The number of carbonyl (C=O) groups excluding carboxylic acids is 1. The van der Waals surface area contributed by atoms with Crippen LogP contribution >= 0.6 is 0 Å². The highest BCUT2D eigenvalue weighted by Crippen LogP contribution is 2.30. The minimum Gasteiger partial charge on any atom is -0.333 e. The maximum absolute atomic E-state index is 13.7. The van der Waals surface area contributed by atoms with E-state index >= 15 is 0 Å². The van der Waals surface area contributed by atoms with Gasteiger partial charge in [-0.1, -0.05) is 51.1 Å². The normalized spacial score (nSPS) is 11.2. The number of amides is 2. The molecule has 2 aromatic carbocycles. The van der Waals surface area contributed by atoms with Crippen molar-refractivity contribution < 1.29 is 4.79 Å². The van der Waals surface area contributed by atoms with Crippen LogP contribution in [0.3, 0.4) is 0 Å². The smallest absolute Gasteiger partial charge is 0.327 e. The number of nitriles is 1. The van der Waals surface area contributed by atoms with Gasteiger partial charge in [-0.2, -0.15) is 15.5 Å². The van der Waals surface area contributed by atoms with Gasteiger partial charge in [0.25, 0.3) is 0 Å². The van der Waals surface area contributed by atoms with Crippen LogP contribution in [0, 0.1) is 11.3 Å². The monoisotopic (exact) mass is 637 g/mol. The molecule has 0 saturated heterocycles. The van der Waals surface area contributed by atoms with Crippen LogP contribution in [0.25, 0.3) is 22.5 Å². The number of rotatable bonds is 8. The van der Waals surface area contributed by atoms with Crippen LogP contribution in [-0.2, 0) is 26.1 Å². The van der Waals surface area contributed by atoms with Crippen molar-refractivity contribution >= 4 is 29.2 Å². The summed E-state index contributed by atoms with van der Waals surface area (Å²) in [5.74, 6) is 0.778. The van der Waals surface area contributed by atoms with Crippen LogP contribution in [-0.4, -0.2) is 40.5 Å². The van der Waals surface area contributed by atoms with E-state index in [0.29, 0.717) is 40.9 Å². The third-order valence-corrected chi connectivity index (χ3v) is 7.69. The molecule has 0 aliphatic carbocycles. The number of hydrogen-bond acceptors (Lipinski definition) is 8. The van der Waals surface area contributed by atoms with Crippen LogP contribution in [0.15, 0.2) is 97.6 Å². The second-order valence-electron chi connectivity index (χ2n) is 12.3. The highest BCUT2D eigenvalue weighted by Gasteiger charge is 2.23. The molecule has 0 saturated carbocycles. The first-order valence-electron chi connectivity index (χ1n) is 15.3. The molecular formula is C36H35N11O. The molecule has 0 atom stereocenters. The van der Waals surface area contributed by atoms with Crippen molar-refractivity contribution in [1.29, 1.82) is 5.26 Å². The maximum Gasteiger partial charge on any atom is 0.327 e. The molecule has 2 N–H and O–H groups in total. The average molecular weight is 638 g/mol. The van der Waals surface area contributed by atoms with E-state index in [4.69, 9.17) is 4.98 Å². The lowest BCUT2D eigenvalue weighted by Crippen LogP contribution is -2.37. The van der Waals surface area contributed by atoms with Gasteiger partial charge >= 0.3 is 6.03 Å². The lowest BCUT2D eigenvalue weighted by atomic mass is 9.92. The van der Waals surface area contributed by atoms with Gasteiger partial charge in [0.05, 0.1) is 35.0 Å². The van der Waals surface area contributed by atoms with Gasteiger partial charge in [-0.05, 0) is 48.0 Å². The Morgan fingerprint density at radius 1 is 0.938 bits per heavy atom. The summed E-state index contributed by atoms with van der Waals surface area (Å²) in [5.41, 5.74) is 6.38. The predicted octanol–water partition coefficient (Wildman–Crippen LogP) is 6.63.